The van der Waals surface area contributed by atoms with Crippen LogP contribution in [0.25, 0.3) is 0 Å². The Morgan fingerprint density at radius 2 is 1.80 bits per heavy atom. The van der Waals surface area contributed by atoms with Crippen molar-refractivity contribution in [2.75, 3.05) is 13.1 Å². The van der Waals surface area contributed by atoms with E-state index in [0.29, 0.717) is 11.8 Å². The standard InChI is InChI=1S/C16H21NO3/c18-13-5-3-12(4-6-13)9-14(15(19)20)17-10-16(11-17)7-1-2-8-16/h3-6,14,18H,1-2,7-11H2,(H,19,20). The lowest BCUT2D eigenvalue weighted by Crippen LogP contribution is -2.61. The van der Waals surface area contributed by atoms with Gasteiger partial charge in [0.15, 0.2) is 0 Å². The van der Waals surface area contributed by atoms with E-state index in [1.54, 1.807) is 24.3 Å². The Kier molecular flexibility index (Phi) is 3.42. The molecule has 1 aliphatic heterocycles. The fourth-order valence-electron chi connectivity index (χ4n) is 3.70. The van der Waals surface area contributed by atoms with Crippen LogP contribution in [0, 0.1) is 5.41 Å². The molecule has 0 radical (unpaired) electrons. The summed E-state index contributed by atoms with van der Waals surface area (Å²) in [6.07, 6.45) is 5.61. The summed E-state index contributed by atoms with van der Waals surface area (Å²) in [7, 11) is 0. The number of phenols is 1. The molecule has 1 atom stereocenters. The van der Waals surface area contributed by atoms with Gasteiger partial charge in [-0.1, -0.05) is 25.0 Å². The zero-order chi connectivity index (χ0) is 14.2. The fourth-order valence-corrected chi connectivity index (χ4v) is 3.70. The van der Waals surface area contributed by atoms with Crippen molar-refractivity contribution in [1.29, 1.82) is 0 Å². The highest BCUT2D eigenvalue weighted by atomic mass is 16.4. The first kappa shape index (κ1) is 13.4. The van der Waals surface area contributed by atoms with E-state index in [1.165, 1.54) is 25.7 Å². The minimum Gasteiger partial charge on any atom is -0.508 e. The highest BCUT2D eigenvalue weighted by molar-refractivity contribution is 5.74. The van der Waals surface area contributed by atoms with Gasteiger partial charge >= 0.3 is 5.97 Å². The average molecular weight is 275 g/mol. The Labute approximate surface area is 119 Å². The monoisotopic (exact) mass is 275 g/mol. The number of carboxylic acid groups (broad SMARTS) is 1. The molecule has 20 heavy (non-hydrogen) atoms. The topological polar surface area (TPSA) is 60.8 Å². The molecule has 1 saturated heterocycles. The van der Waals surface area contributed by atoms with E-state index >= 15 is 0 Å². The van der Waals surface area contributed by atoms with Crippen LogP contribution in [0.15, 0.2) is 24.3 Å². The second-order valence-corrected chi connectivity index (χ2v) is 6.34. The molecule has 4 nitrogen and oxygen atoms in total. The molecule has 1 aliphatic carbocycles. The number of hydrogen-bond donors (Lipinski definition) is 2. The van der Waals surface area contributed by atoms with E-state index in [2.05, 4.69) is 4.90 Å². The van der Waals surface area contributed by atoms with E-state index in [-0.39, 0.29) is 5.75 Å². The molecule has 1 aromatic rings. The highest BCUT2D eigenvalue weighted by Gasteiger charge is 2.48. The molecule has 3 rings (SSSR count). The lowest BCUT2D eigenvalue weighted by molar-refractivity contribution is -0.149. The van der Waals surface area contributed by atoms with Gasteiger partial charge in [-0.25, -0.2) is 0 Å². The molecule has 1 heterocycles. The summed E-state index contributed by atoms with van der Waals surface area (Å²) < 4.78 is 0. The summed E-state index contributed by atoms with van der Waals surface area (Å²) in [4.78, 5) is 13.6. The van der Waals surface area contributed by atoms with Gasteiger partial charge in [0, 0.05) is 13.1 Å². The summed E-state index contributed by atoms with van der Waals surface area (Å²) in [6, 6.07) is 6.39. The first-order valence-electron chi connectivity index (χ1n) is 7.33. The number of aliphatic carboxylic acids is 1. The molecule has 4 heteroatoms. The Hall–Kier alpha value is -1.55. The Morgan fingerprint density at radius 3 is 2.35 bits per heavy atom. The van der Waals surface area contributed by atoms with Crippen LogP contribution in [-0.2, 0) is 11.2 Å². The third-order valence-corrected chi connectivity index (χ3v) is 4.83. The normalized spacial score (nSPS) is 22.6. The Bertz CT molecular complexity index is 483. The Morgan fingerprint density at radius 1 is 1.20 bits per heavy atom. The number of hydrogen-bond acceptors (Lipinski definition) is 3. The van der Waals surface area contributed by atoms with Gasteiger partial charge in [0.25, 0.3) is 0 Å². The number of carboxylic acids is 1. The van der Waals surface area contributed by atoms with Gasteiger partial charge in [0.05, 0.1) is 0 Å². The molecule has 2 N–H and O–H groups in total. The smallest absolute Gasteiger partial charge is 0.321 e. The van der Waals surface area contributed by atoms with Crippen molar-refractivity contribution in [2.45, 2.75) is 38.1 Å². The van der Waals surface area contributed by atoms with E-state index < -0.39 is 12.0 Å². The molecular weight excluding hydrogens is 254 g/mol. The van der Waals surface area contributed by atoms with Gasteiger partial charge in [0.2, 0.25) is 0 Å². The van der Waals surface area contributed by atoms with Crippen LogP contribution in [0.5, 0.6) is 5.75 Å². The number of nitrogens with zero attached hydrogens (tertiary/aromatic N) is 1. The van der Waals surface area contributed by atoms with E-state index in [0.717, 1.165) is 18.7 Å². The fraction of sp³-hybridized carbons (Fsp3) is 0.562. The zero-order valence-electron chi connectivity index (χ0n) is 11.6. The number of aromatic hydroxyl groups is 1. The third-order valence-electron chi connectivity index (χ3n) is 4.83. The molecule has 0 bridgehead atoms. The minimum absolute atomic E-state index is 0.217. The lowest BCUT2D eigenvalue weighted by Gasteiger charge is -2.50. The minimum atomic E-state index is -0.745. The van der Waals surface area contributed by atoms with Gasteiger partial charge in [-0.15, -0.1) is 0 Å². The van der Waals surface area contributed by atoms with Crippen molar-refractivity contribution in [3.63, 3.8) is 0 Å². The molecule has 1 unspecified atom stereocenters. The SMILES string of the molecule is O=C(O)C(Cc1ccc(O)cc1)N1CC2(CCCC2)C1. The van der Waals surface area contributed by atoms with Gasteiger partial charge in [0.1, 0.15) is 11.8 Å². The molecule has 2 fully saturated rings. The van der Waals surface area contributed by atoms with Crippen molar-refractivity contribution >= 4 is 5.97 Å². The molecule has 0 amide bonds. The maximum atomic E-state index is 11.5. The zero-order valence-corrected chi connectivity index (χ0v) is 11.6. The number of benzene rings is 1. The molecule has 108 valence electrons. The van der Waals surface area contributed by atoms with Gasteiger partial charge in [-0.2, -0.15) is 0 Å². The number of likely N-dealkylation sites (tertiary alicyclic amines) is 1. The summed E-state index contributed by atoms with van der Waals surface area (Å²) in [5, 5.41) is 18.7. The Balaban J connectivity index is 1.65. The molecule has 2 aliphatic rings. The van der Waals surface area contributed by atoms with Crippen LogP contribution in [0.1, 0.15) is 31.2 Å². The van der Waals surface area contributed by atoms with Crippen LogP contribution in [0.2, 0.25) is 0 Å². The summed E-state index contributed by atoms with van der Waals surface area (Å²) in [6.45, 7) is 1.87. The quantitative estimate of drug-likeness (QED) is 0.885. The van der Waals surface area contributed by atoms with Gasteiger partial charge < -0.3 is 10.2 Å². The van der Waals surface area contributed by atoms with Crippen molar-refractivity contribution < 1.29 is 15.0 Å². The summed E-state index contributed by atoms with van der Waals surface area (Å²) in [5.41, 5.74) is 1.38. The van der Waals surface area contributed by atoms with E-state index in [9.17, 15) is 15.0 Å². The number of phenolic OH excluding ortho intramolecular Hbond substituents is 1. The largest absolute Gasteiger partial charge is 0.508 e. The summed E-state index contributed by atoms with van der Waals surface area (Å²) >= 11 is 0. The van der Waals surface area contributed by atoms with E-state index in [4.69, 9.17) is 0 Å². The van der Waals surface area contributed by atoms with Crippen LogP contribution in [-0.4, -0.2) is 40.2 Å². The van der Waals surface area contributed by atoms with Gasteiger partial charge in [-0.3, -0.25) is 9.69 Å². The molecule has 1 spiro atoms. The van der Waals surface area contributed by atoms with Crippen LogP contribution in [0.3, 0.4) is 0 Å². The predicted molar refractivity (Wildman–Crippen MR) is 75.7 cm³/mol. The maximum Gasteiger partial charge on any atom is 0.321 e. The number of rotatable bonds is 4. The van der Waals surface area contributed by atoms with Crippen LogP contribution >= 0.6 is 0 Å². The van der Waals surface area contributed by atoms with Crippen molar-refractivity contribution in [3.8, 4) is 5.75 Å². The highest BCUT2D eigenvalue weighted by Crippen LogP contribution is 2.46. The lowest BCUT2D eigenvalue weighted by atomic mass is 9.77. The number of carbonyl (C=O) groups is 1. The molecule has 1 saturated carbocycles. The first-order valence-corrected chi connectivity index (χ1v) is 7.33. The van der Waals surface area contributed by atoms with Gasteiger partial charge in [-0.05, 0) is 42.4 Å². The van der Waals surface area contributed by atoms with Crippen molar-refractivity contribution in [2.24, 2.45) is 5.41 Å². The van der Waals surface area contributed by atoms with Crippen LogP contribution < -0.4 is 0 Å². The van der Waals surface area contributed by atoms with Crippen molar-refractivity contribution in [3.05, 3.63) is 29.8 Å². The van der Waals surface area contributed by atoms with Crippen LogP contribution in [0.4, 0.5) is 0 Å². The van der Waals surface area contributed by atoms with E-state index in [1.807, 2.05) is 0 Å². The maximum absolute atomic E-state index is 11.5. The molecule has 0 aromatic heterocycles. The van der Waals surface area contributed by atoms with Crippen molar-refractivity contribution in [1.82, 2.24) is 4.90 Å². The second kappa shape index (κ2) is 5.09. The third kappa shape index (κ3) is 2.52. The predicted octanol–water partition coefficient (Wildman–Crippen LogP) is 2.26. The second-order valence-electron chi connectivity index (χ2n) is 6.34. The average Bonchev–Trinajstić information content (AvgIpc) is 2.86. The molecule has 1 aromatic carbocycles. The molecular formula is C16H21NO3. The summed E-state index contributed by atoms with van der Waals surface area (Å²) in [5.74, 6) is -0.527. The first-order chi connectivity index (χ1) is 9.58.